The molecule has 2 amide bonds. The molecule has 142 valence electrons. The second-order valence-electron chi connectivity index (χ2n) is 8.24. The highest BCUT2D eigenvalue weighted by Crippen LogP contribution is 2.41. The Balaban J connectivity index is 1.53. The van der Waals surface area contributed by atoms with Gasteiger partial charge in [0.15, 0.2) is 0 Å². The van der Waals surface area contributed by atoms with Gasteiger partial charge in [-0.1, -0.05) is 24.1 Å². The fraction of sp³-hybridized carbons (Fsp3) is 0.619. The van der Waals surface area contributed by atoms with E-state index in [-0.39, 0.29) is 30.3 Å². The molecule has 2 aliphatic rings. The van der Waals surface area contributed by atoms with Crippen molar-refractivity contribution in [2.45, 2.75) is 58.9 Å². The highest BCUT2D eigenvalue weighted by Gasteiger charge is 2.40. The minimum atomic E-state index is -0.180. The number of fused-ring (bicyclic) bond motifs is 2. The normalized spacial score (nSPS) is 27.7. The molecule has 2 bridgehead atoms. The Kier molecular flexibility index (Phi) is 5.66. The molecule has 0 heterocycles. The maximum atomic E-state index is 12.5. The van der Waals surface area contributed by atoms with Gasteiger partial charge in [-0.2, -0.15) is 0 Å². The number of nitrogens with two attached hydrogens (primary N) is 1. The van der Waals surface area contributed by atoms with Crippen LogP contribution in [0.3, 0.4) is 0 Å². The summed E-state index contributed by atoms with van der Waals surface area (Å²) in [6.07, 6.45) is 5.22. The lowest BCUT2D eigenvalue weighted by molar-refractivity contribution is -0.129. The van der Waals surface area contributed by atoms with E-state index in [1.807, 2.05) is 32.9 Å². The number of carbonyl (C=O) groups is 2. The van der Waals surface area contributed by atoms with Gasteiger partial charge in [0.25, 0.3) is 0 Å². The third-order valence-electron chi connectivity index (χ3n) is 6.15. The zero-order chi connectivity index (χ0) is 18.8. The highest BCUT2D eigenvalue weighted by molar-refractivity contribution is 5.96. The van der Waals surface area contributed by atoms with Gasteiger partial charge in [-0.15, -0.1) is 0 Å². The van der Waals surface area contributed by atoms with Crippen molar-refractivity contribution in [2.75, 3.05) is 11.9 Å². The van der Waals surface area contributed by atoms with Crippen LogP contribution < -0.4 is 16.4 Å². The Labute approximate surface area is 156 Å². The molecule has 2 aliphatic carbocycles. The second-order valence-corrected chi connectivity index (χ2v) is 8.24. The van der Waals surface area contributed by atoms with Crippen molar-refractivity contribution in [1.82, 2.24) is 5.32 Å². The molecule has 2 saturated carbocycles. The van der Waals surface area contributed by atoms with E-state index in [0.717, 1.165) is 42.5 Å². The number of rotatable bonds is 4. The van der Waals surface area contributed by atoms with Gasteiger partial charge in [-0.05, 0) is 69.4 Å². The molecule has 5 nitrogen and oxygen atoms in total. The van der Waals surface area contributed by atoms with Crippen LogP contribution in [0.2, 0.25) is 0 Å². The zero-order valence-corrected chi connectivity index (χ0v) is 16.1. The van der Waals surface area contributed by atoms with Gasteiger partial charge >= 0.3 is 0 Å². The summed E-state index contributed by atoms with van der Waals surface area (Å²) < 4.78 is 0. The van der Waals surface area contributed by atoms with Gasteiger partial charge in [0.1, 0.15) is 0 Å². The van der Waals surface area contributed by atoms with Crippen molar-refractivity contribution in [3.8, 4) is 0 Å². The molecule has 26 heavy (non-hydrogen) atoms. The molecular formula is C21H31N3O2. The Morgan fingerprint density at radius 3 is 2.23 bits per heavy atom. The van der Waals surface area contributed by atoms with E-state index in [0.29, 0.717) is 11.8 Å². The predicted octanol–water partition coefficient (Wildman–Crippen LogP) is 2.82. The molecule has 1 aromatic rings. The van der Waals surface area contributed by atoms with Crippen LogP contribution in [0.25, 0.3) is 0 Å². The van der Waals surface area contributed by atoms with Crippen molar-refractivity contribution in [3.63, 3.8) is 0 Å². The van der Waals surface area contributed by atoms with Gasteiger partial charge in [0.2, 0.25) is 11.8 Å². The van der Waals surface area contributed by atoms with Gasteiger partial charge in [0.05, 0.1) is 6.54 Å². The topological polar surface area (TPSA) is 84.2 Å². The van der Waals surface area contributed by atoms with E-state index in [1.165, 1.54) is 12.0 Å². The minimum absolute atomic E-state index is 0.000692. The van der Waals surface area contributed by atoms with Crippen LogP contribution in [0.15, 0.2) is 12.1 Å². The lowest BCUT2D eigenvalue weighted by Gasteiger charge is -2.43. The standard InChI is InChI=1S/C21H31N3O2/c1-12-7-13(2)20(14(3)8-12)24-18(25)11-23-21(26)17-9-15-5-4-6-16(10-17)19(15)22/h7-8,15-17,19H,4-6,9-11,22H2,1-3H3,(H,23,26)(H,24,25). The third-order valence-corrected chi connectivity index (χ3v) is 6.15. The lowest BCUT2D eigenvalue weighted by Crippen LogP contribution is -2.49. The van der Waals surface area contributed by atoms with Gasteiger partial charge < -0.3 is 16.4 Å². The van der Waals surface area contributed by atoms with Crippen LogP contribution in [-0.2, 0) is 9.59 Å². The molecule has 3 rings (SSSR count). The maximum Gasteiger partial charge on any atom is 0.243 e. The van der Waals surface area contributed by atoms with E-state index in [9.17, 15) is 9.59 Å². The quantitative estimate of drug-likeness (QED) is 0.775. The number of hydrogen-bond donors (Lipinski definition) is 3. The van der Waals surface area contributed by atoms with Crippen molar-refractivity contribution < 1.29 is 9.59 Å². The zero-order valence-electron chi connectivity index (χ0n) is 16.1. The van der Waals surface area contributed by atoms with Crippen molar-refractivity contribution in [1.29, 1.82) is 0 Å². The van der Waals surface area contributed by atoms with E-state index in [1.54, 1.807) is 0 Å². The molecule has 0 saturated heterocycles. The summed E-state index contributed by atoms with van der Waals surface area (Å²) >= 11 is 0. The van der Waals surface area contributed by atoms with E-state index < -0.39 is 0 Å². The Bertz CT molecular complexity index is 663. The number of aryl methyl sites for hydroxylation is 3. The van der Waals surface area contributed by atoms with Crippen molar-refractivity contribution >= 4 is 17.5 Å². The fourth-order valence-corrected chi connectivity index (χ4v) is 4.88. The summed E-state index contributed by atoms with van der Waals surface area (Å²) in [6, 6.07) is 4.35. The number of nitrogens with one attached hydrogen (secondary N) is 2. The molecule has 1 aromatic carbocycles. The van der Waals surface area contributed by atoms with Crippen molar-refractivity contribution in [2.24, 2.45) is 23.5 Å². The molecule has 4 N–H and O–H groups in total. The molecular weight excluding hydrogens is 326 g/mol. The minimum Gasteiger partial charge on any atom is -0.347 e. The first-order chi connectivity index (χ1) is 12.3. The van der Waals surface area contributed by atoms with Crippen LogP contribution in [0.5, 0.6) is 0 Å². The number of amides is 2. The molecule has 0 aromatic heterocycles. The summed E-state index contributed by atoms with van der Waals surface area (Å²) in [5, 5.41) is 5.77. The average molecular weight is 357 g/mol. The largest absolute Gasteiger partial charge is 0.347 e. The summed E-state index contributed by atoms with van der Waals surface area (Å²) in [6.45, 7) is 6.02. The van der Waals surface area contributed by atoms with E-state index in [4.69, 9.17) is 5.73 Å². The number of benzene rings is 1. The molecule has 2 unspecified atom stereocenters. The Hall–Kier alpha value is -1.88. The number of hydrogen-bond acceptors (Lipinski definition) is 3. The molecule has 2 atom stereocenters. The molecule has 2 fully saturated rings. The van der Waals surface area contributed by atoms with Crippen LogP contribution in [0.4, 0.5) is 5.69 Å². The van der Waals surface area contributed by atoms with E-state index >= 15 is 0 Å². The third kappa shape index (κ3) is 4.09. The number of carbonyl (C=O) groups excluding carboxylic acids is 2. The predicted molar refractivity (Wildman–Crippen MR) is 104 cm³/mol. The highest BCUT2D eigenvalue weighted by atomic mass is 16.2. The second kappa shape index (κ2) is 7.78. The van der Waals surface area contributed by atoms with Crippen LogP contribution in [-0.4, -0.2) is 24.4 Å². The lowest BCUT2D eigenvalue weighted by atomic mass is 9.65. The Morgan fingerprint density at radius 1 is 1.08 bits per heavy atom. The van der Waals surface area contributed by atoms with Crippen molar-refractivity contribution in [3.05, 3.63) is 28.8 Å². The first-order valence-corrected chi connectivity index (χ1v) is 9.76. The first-order valence-electron chi connectivity index (χ1n) is 9.76. The molecule has 0 radical (unpaired) electrons. The van der Waals surface area contributed by atoms with Gasteiger partial charge in [-0.25, -0.2) is 0 Å². The summed E-state index contributed by atoms with van der Waals surface area (Å²) in [5.74, 6) is 0.748. The number of anilines is 1. The van der Waals surface area contributed by atoms with Gasteiger partial charge in [-0.3, -0.25) is 9.59 Å². The Morgan fingerprint density at radius 2 is 1.65 bits per heavy atom. The van der Waals surface area contributed by atoms with Crippen LogP contribution in [0.1, 0.15) is 48.8 Å². The molecule has 0 aliphatic heterocycles. The van der Waals surface area contributed by atoms with E-state index in [2.05, 4.69) is 10.6 Å². The van der Waals surface area contributed by atoms with Crippen LogP contribution >= 0.6 is 0 Å². The smallest absolute Gasteiger partial charge is 0.243 e. The van der Waals surface area contributed by atoms with Crippen LogP contribution in [0, 0.1) is 38.5 Å². The molecule has 0 spiro atoms. The average Bonchev–Trinajstić information content (AvgIpc) is 2.55. The van der Waals surface area contributed by atoms with Gasteiger partial charge in [0, 0.05) is 17.6 Å². The molecule has 5 heteroatoms. The fourth-order valence-electron chi connectivity index (χ4n) is 4.88. The monoisotopic (exact) mass is 357 g/mol. The SMILES string of the molecule is Cc1cc(C)c(NC(=O)CNC(=O)C2CC3CCCC(C2)C3N)c(C)c1. The summed E-state index contributed by atoms with van der Waals surface area (Å²) in [7, 11) is 0. The summed E-state index contributed by atoms with van der Waals surface area (Å²) in [5.41, 5.74) is 10.4. The maximum absolute atomic E-state index is 12.5. The summed E-state index contributed by atoms with van der Waals surface area (Å²) in [4.78, 5) is 24.8. The first kappa shape index (κ1) is 18.9.